The Balaban J connectivity index is 1.84. The van der Waals surface area contributed by atoms with E-state index in [-0.39, 0.29) is 23.7 Å². The largest absolute Gasteiger partial charge is 0.508 e. The summed E-state index contributed by atoms with van der Waals surface area (Å²) in [5, 5.41) is 10.1. The summed E-state index contributed by atoms with van der Waals surface area (Å²) in [6.07, 6.45) is 1.62. The van der Waals surface area contributed by atoms with Crippen molar-refractivity contribution < 1.29 is 23.9 Å². The molecule has 4 bridgehead atoms. The first kappa shape index (κ1) is 14.9. The van der Waals surface area contributed by atoms with Crippen LogP contribution >= 0.6 is 0 Å². The summed E-state index contributed by atoms with van der Waals surface area (Å²) in [6.45, 7) is 0.975. The van der Waals surface area contributed by atoms with E-state index in [1.807, 2.05) is 12.1 Å². The highest BCUT2D eigenvalue weighted by molar-refractivity contribution is 5.95. The molecule has 5 atom stereocenters. The number of aromatic hydroxyl groups is 1. The molecule has 5 aliphatic rings. The van der Waals surface area contributed by atoms with Gasteiger partial charge >= 0.3 is 0 Å². The van der Waals surface area contributed by atoms with Gasteiger partial charge in [-0.2, -0.15) is 0 Å². The van der Waals surface area contributed by atoms with E-state index in [1.54, 1.807) is 13.2 Å². The molecule has 5 nitrogen and oxygen atoms in total. The molecule has 1 N–H and O–H groups in total. The third kappa shape index (κ3) is 1.38. The maximum Gasteiger partial charge on any atom is 0.191 e. The summed E-state index contributed by atoms with van der Waals surface area (Å²) in [5.41, 5.74) is 1.41. The Hall–Kier alpha value is -1.43. The van der Waals surface area contributed by atoms with E-state index in [2.05, 4.69) is 14.1 Å². The van der Waals surface area contributed by atoms with E-state index in [4.69, 9.17) is 9.47 Å². The second kappa shape index (κ2) is 4.21. The highest BCUT2D eigenvalue weighted by Crippen LogP contribution is 2.64. The van der Waals surface area contributed by atoms with Crippen molar-refractivity contribution in [2.45, 2.75) is 48.5 Å². The van der Waals surface area contributed by atoms with E-state index < -0.39 is 17.1 Å². The molecule has 6 rings (SSSR count). The number of hydrogen-bond donors (Lipinski definition) is 1. The number of phenolic OH excluding ortho intramolecular Hbond substituents is 1. The smallest absolute Gasteiger partial charge is 0.191 e. The monoisotopic (exact) mass is 330 g/mol. The zero-order valence-corrected chi connectivity index (χ0v) is 14.4. The average molecular weight is 330 g/mol. The lowest BCUT2D eigenvalue weighted by atomic mass is 9.45. The molecular weight excluding hydrogens is 306 g/mol. The zero-order chi connectivity index (χ0) is 16.9. The highest BCUT2D eigenvalue weighted by atomic mass is 16.6. The van der Waals surface area contributed by atoms with Gasteiger partial charge in [0.2, 0.25) is 0 Å². The fourth-order valence-electron chi connectivity index (χ4n) is 6.23. The highest BCUT2D eigenvalue weighted by Gasteiger charge is 2.78. The number of nitrogens with zero attached hydrogens (tertiary/aromatic N) is 1. The van der Waals surface area contributed by atoms with Gasteiger partial charge in [0.1, 0.15) is 29.6 Å². The molecule has 0 radical (unpaired) electrons. The molecule has 5 heteroatoms. The first-order valence-electron chi connectivity index (χ1n) is 8.75. The minimum atomic E-state index is -0.474. The van der Waals surface area contributed by atoms with Crippen LogP contribution in [-0.2, 0) is 26.1 Å². The van der Waals surface area contributed by atoms with Crippen LogP contribution in [0.1, 0.15) is 24.0 Å². The lowest BCUT2D eigenvalue weighted by Gasteiger charge is -2.70. The molecule has 24 heavy (non-hydrogen) atoms. The standard InChI is InChI=1S/C19H23NO4/c1-20(2)7-6-18-13-9-12(21)5-4-11(13)8-15(20)19(18,23-3)10-14-16(22)17(18)24-14/h4-5,9,14-15,17H,6-8,10H2,1-3H3/p+1/t14?,15-,17+,18+,19-/m1/s1. The van der Waals surface area contributed by atoms with E-state index in [0.717, 1.165) is 29.4 Å². The van der Waals surface area contributed by atoms with Crippen LogP contribution in [0.3, 0.4) is 0 Å². The molecule has 3 aliphatic heterocycles. The van der Waals surface area contributed by atoms with Crippen molar-refractivity contribution in [3.05, 3.63) is 29.3 Å². The Labute approximate surface area is 141 Å². The van der Waals surface area contributed by atoms with Crippen LogP contribution in [0.4, 0.5) is 0 Å². The van der Waals surface area contributed by atoms with E-state index >= 15 is 0 Å². The van der Waals surface area contributed by atoms with Crippen molar-refractivity contribution in [2.75, 3.05) is 27.7 Å². The summed E-state index contributed by atoms with van der Waals surface area (Å²) >= 11 is 0. The summed E-state index contributed by atoms with van der Waals surface area (Å²) < 4.78 is 13.2. The van der Waals surface area contributed by atoms with Crippen molar-refractivity contribution in [3.63, 3.8) is 0 Å². The number of Topliss-reactive ketones (excluding diaryl/α,β-unsaturated/α-hetero) is 1. The molecule has 0 amide bonds. The lowest BCUT2D eigenvalue weighted by Crippen LogP contribution is -2.86. The molecule has 2 aliphatic carbocycles. The number of carbonyl (C=O) groups excluding carboxylic acids is 1. The van der Waals surface area contributed by atoms with Gasteiger partial charge in [0.15, 0.2) is 5.78 Å². The first-order valence-corrected chi connectivity index (χ1v) is 8.75. The van der Waals surface area contributed by atoms with Crippen molar-refractivity contribution in [1.29, 1.82) is 0 Å². The molecule has 3 saturated heterocycles. The number of quaternary nitrogens is 1. The number of rotatable bonds is 1. The molecular formula is C19H24NO4+. The number of likely N-dealkylation sites (N-methyl/N-ethyl adjacent to an activating group) is 1. The number of fused-ring (bicyclic) bond motifs is 1. The molecule has 1 aromatic rings. The summed E-state index contributed by atoms with van der Waals surface area (Å²) in [6, 6.07) is 5.90. The van der Waals surface area contributed by atoms with Crippen molar-refractivity contribution in [3.8, 4) is 5.75 Å². The molecule has 3 heterocycles. The van der Waals surface area contributed by atoms with Gasteiger partial charge in [-0.1, -0.05) is 6.07 Å². The third-order valence-corrected chi connectivity index (χ3v) is 7.38. The number of carbonyl (C=O) groups is 1. The van der Waals surface area contributed by atoms with Crippen LogP contribution < -0.4 is 0 Å². The summed E-state index contributed by atoms with van der Waals surface area (Å²) in [4.78, 5) is 12.7. The van der Waals surface area contributed by atoms with Crippen LogP contribution in [0.2, 0.25) is 0 Å². The van der Waals surface area contributed by atoms with Gasteiger partial charge in [-0.15, -0.1) is 0 Å². The fourth-order valence-corrected chi connectivity index (χ4v) is 6.23. The molecule has 4 fully saturated rings. The van der Waals surface area contributed by atoms with Gasteiger partial charge in [-0.25, -0.2) is 0 Å². The molecule has 1 saturated carbocycles. The molecule has 0 spiro atoms. The van der Waals surface area contributed by atoms with Crippen molar-refractivity contribution >= 4 is 5.78 Å². The van der Waals surface area contributed by atoms with Crippen LogP contribution in [0, 0.1) is 0 Å². The Bertz CT molecular complexity index is 760. The number of piperidine rings is 1. The zero-order valence-electron chi connectivity index (χ0n) is 14.4. The topological polar surface area (TPSA) is 55.8 Å². The third-order valence-electron chi connectivity index (χ3n) is 7.38. The Kier molecular flexibility index (Phi) is 2.61. The lowest BCUT2D eigenvalue weighted by molar-refractivity contribution is -0.932. The van der Waals surface area contributed by atoms with Crippen LogP contribution in [-0.4, -0.2) is 67.0 Å². The maximum atomic E-state index is 12.7. The fraction of sp³-hybridized carbons (Fsp3) is 0.632. The van der Waals surface area contributed by atoms with Crippen molar-refractivity contribution in [1.82, 2.24) is 0 Å². The summed E-state index contributed by atoms with van der Waals surface area (Å²) in [5.74, 6) is 0.463. The number of benzene rings is 1. The second-order valence-electron chi connectivity index (χ2n) is 8.49. The minimum Gasteiger partial charge on any atom is -0.508 e. The predicted molar refractivity (Wildman–Crippen MR) is 86.9 cm³/mol. The van der Waals surface area contributed by atoms with Gasteiger partial charge in [0.05, 0.1) is 26.1 Å². The second-order valence-corrected chi connectivity index (χ2v) is 8.49. The van der Waals surface area contributed by atoms with Gasteiger partial charge < -0.3 is 19.1 Å². The molecule has 1 unspecified atom stereocenters. The quantitative estimate of drug-likeness (QED) is 0.785. The van der Waals surface area contributed by atoms with Crippen molar-refractivity contribution in [2.24, 2.45) is 0 Å². The predicted octanol–water partition coefficient (Wildman–Crippen LogP) is 1.16. The first-order chi connectivity index (χ1) is 11.4. The van der Waals surface area contributed by atoms with E-state index in [9.17, 15) is 9.90 Å². The number of ketones is 1. The average Bonchev–Trinajstić information content (AvgIpc) is 2.57. The van der Waals surface area contributed by atoms with Gasteiger partial charge in [0.25, 0.3) is 0 Å². The van der Waals surface area contributed by atoms with Crippen LogP contribution in [0.15, 0.2) is 18.2 Å². The maximum absolute atomic E-state index is 12.7. The van der Waals surface area contributed by atoms with Gasteiger partial charge in [-0.05, 0) is 23.3 Å². The number of methoxy groups -OCH3 is 1. The molecule has 1 aromatic carbocycles. The number of phenols is 1. The van der Waals surface area contributed by atoms with Gasteiger partial charge in [-0.3, -0.25) is 4.79 Å². The Morgan fingerprint density at radius 3 is 2.88 bits per heavy atom. The Morgan fingerprint density at radius 1 is 1.38 bits per heavy atom. The number of hydrogen-bond acceptors (Lipinski definition) is 4. The minimum absolute atomic E-state index is 0.213. The molecule has 0 aromatic heterocycles. The number of likely N-dealkylation sites (tertiary alicyclic amines) is 1. The van der Waals surface area contributed by atoms with Crippen LogP contribution in [0.5, 0.6) is 5.75 Å². The van der Waals surface area contributed by atoms with Crippen LogP contribution in [0.25, 0.3) is 0 Å². The SMILES string of the molecule is CO[C@@]12CC3O[C@@H](C3=O)[C@@]13CC[N+](C)(C)[C@@H]2Cc1ccc(O)cc13. The summed E-state index contributed by atoms with van der Waals surface area (Å²) in [7, 11) is 6.32. The normalized spacial score (nSPS) is 44.3. The van der Waals surface area contributed by atoms with E-state index in [1.165, 1.54) is 5.56 Å². The number of ether oxygens (including phenoxy) is 2. The molecule has 128 valence electrons. The van der Waals surface area contributed by atoms with E-state index in [0.29, 0.717) is 6.42 Å². The Morgan fingerprint density at radius 2 is 2.17 bits per heavy atom. The van der Waals surface area contributed by atoms with Gasteiger partial charge in [0, 0.05) is 26.4 Å².